The number of rotatable bonds is 3. The minimum absolute atomic E-state index is 0.0588. The molecule has 0 bridgehead atoms. The zero-order chi connectivity index (χ0) is 20.7. The summed E-state index contributed by atoms with van der Waals surface area (Å²) in [4.78, 5) is 24.9. The van der Waals surface area contributed by atoms with Crippen molar-refractivity contribution in [3.05, 3.63) is 71.8 Å². The van der Waals surface area contributed by atoms with Crippen LogP contribution in [0.25, 0.3) is 16.7 Å². The molecule has 152 valence electrons. The first-order valence-electron chi connectivity index (χ1n) is 10.2. The van der Waals surface area contributed by atoms with Gasteiger partial charge in [-0.05, 0) is 38.1 Å². The van der Waals surface area contributed by atoms with Crippen molar-refractivity contribution in [1.29, 1.82) is 0 Å². The smallest absolute Gasteiger partial charge is 0.270 e. The number of amides is 1. The van der Waals surface area contributed by atoms with E-state index in [2.05, 4.69) is 21.8 Å². The number of carbonyl (C=O) groups excluding carboxylic acids is 1. The third-order valence-electron chi connectivity index (χ3n) is 5.76. The largest absolute Gasteiger partial charge is 0.365 e. The van der Waals surface area contributed by atoms with Crippen molar-refractivity contribution in [2.75, 3.05) is 31.1 Å². The van der Waals surface area contributed by atoms with Crippen molar-refractivity contribution >= 4 is 22.5 Å². The highest BCUT2D eigenvalue weighted by atomic mass is 16.2. The third-order valence-corrected chi connectivity index (χ3v) is 5.76. The van der Waals surface area contributed by atoms with Gasteiger partial charge in [0.25, 0.3) is 5.91 Å². The van der Waals surface area contributed by atoms with Crippen molar-refractivity contribution in [1.82, 2.24) is 24.6 Å². The predicted octanol–water partition coefficient (Wildman–Crippen LogP) is 3.33. The Morgan fingerprint density at radius 3 is 2.50 bits per heavy atom. The summed E-state index contributed by atoms with van der Waals surface area (Å²) in [6.45, 7) is 7.03. The number of nitrogens with one attached hydrogen (secondary N) is 1. The molecular formula is C23H24N6O. The topological polar surface area (TPSA) is 70.1 Å². The molecule has 0 saturated carbocycles. The summed E-state index contributed by atoms with van der Waals surface area (Å²) in [5.74, 6) is 0.875. The lowest BCUT2D eigenvalue weighted by Gasteiger charge is -2.36. The SMILES string of the molecule is Cc1nn(-c2ccccn2)c(C)c1N1CCN(C(=O)c2cc3ccccc3[nH]2)CC1. The van der Waals surface area contributed by atoms with E-state index in [-0.39, 0.29) is 5.91 Å². The maximum absolute atomic E-state index is 13.0. The quantitative estimate of drug-likeness (QED) is 0.573. The lowest BCUT2D eigenvalue weighted by Crippen LogP contribution is -2.49. The molecule has 1 saturated heterocycles. The molecule has 30 heavy (non-hydrogen) atoms. The van der Waals surface area contributed by atoms with Gasteiger partial charge >= 0.3 is 0 Å². The Bertz CT molecular complexity index is 1170. The summed E-state index contributed by atoms with van der Waals surface area (Å²) in [6, 6.07) is 15.7. The predicted molar refractivity (Wildman–Crippen MR) is 117 cm³/mol. The van der Waals surface area contributed by atoms with Crippen molar-refractivity contribution < 1.29 is 4.79 Å². The number of aromatic nitrogens is 4. The van der Waals surface area contributed by atoms with Gasteiger partial charge in [-0.25, -0.2) is 9.67 Å². The molecule has 1 aliphatic heterocycles. The fourth-order valence-electron chi connectivity index (χ4n) is 4.29. The lowest BCUT2D eigenvalue weighted by atomic mass is 10.2. The number of aryl methyl sites for hydroxylation is 1. The van der Waals surface area contributed by atoms with Gasteiger partial charge in [0.15, 0.2) is 5.82 Å². The van der Waals surface area contributed by atoms with Crippen LogP contribution in [-0.2, 0) is 0 Å². The standard InChI is InChI=1S/C23H24N6O/c1-16-22(17(2)29(26-16)21-9-5-6-10-24-21)27-11-13-28(14-12-27)23(30)20-15-18-7-3-4-8-19(18)25-20/h3-10,15,25H,11-14H2,1-2H3. The summed E-state index contributed by atoms with van der Waals surface area (Å²) >= 11 is 0. The second-order valence-corrected chi connectivity index (χ2v) is 7.67. The number of para-hydroxylation sites is 1. The molecular weight excluding hydrogens is 376 g/mol. The molecule has 1 fully saturated rings. The third kappa shape index (κ3) is 3.12. The van der Waals surface area contributed by atoms with Crippen LogP contribution < -0.4 is 4.90 Å². The number of hydrogen-bond acceptors (Lipinski definition) is 4. The molecule has 1 aromatic carbocycles. The number of hydrogen-bond donors (Lipinski definition) is 1. The van der Waals surface area contributed by atoms with Crippen LogP contribution in [0.1, 0.15) is 21.9 Å². The molecule has 5 rings (SSSR count). The van der Waals surface area contributed by atoms with Crippen LogP contribution in [0, 0.1) is 13.8 Å². The van der Waals surface area contributed by atoms with Gasteiger partial charge in [0, 0.05) is 43.3 Å². The number of benzene rings is 1. The van der Waals surface area contributed by atoms with E-state index in [0.717, 1.165) is 46.9 Å². The van der Waals surface area contributed by atoms with Gasteiger partial charge in [0.05, 0.1) is 17.1 Å². The van der Waals surface area contributed by atoms with Crippen molar-refractivity contribution in [3.63, 3.8) is 0 Å². The Labute approximate surface area is 174 Å². The van der Waals surface area contributed by atoms with E-state index < -0.39 is 0 Å². The van der Waals surface area contributed by atoms with E-state index in [1.165, 1.54) is 0 Å². The number of aromatic amines is 1. The normalized spacial score (nSPS) is 14.5. The summed E-state index contributed by atoms with van der Waals surface area (Å²) in [6.07, 6.45) is 1.78. The molecule has 0 radical (unpaired) electrons. The molecule has 1 aliphatic rings. The molecule has 3 aromatic heterocycles. The molecule has 0 unspecified atom stereocenters. The summed E-state index contributed by atoms with van der Waals surface area (Å²) in [5.41, 5.74) is 4.83. The van der Waals surface area contributed by atoms with Crippen LogP contribution in [0.2, 0.25) is 0 Å². The van der Waals surface area contributed by atoms with Crippen LogP contribution in [0.3, 0.4) is 0 Å². The molecule has 4 heterocycles. The first kappa shape index (κ1) is 18.4. The maximum atomic E-state index is 13.0. The summed E-state index contributed by atoms with van der Waals surface area (Å²) < 4.78 is 1.90. The minimum atomic E-state index is 0.0588. The number of pyridine rings is 1. The Morgan fingerprint density at radius 2 is 1.77 bits per heavy atom. The number of anilines is 1. The van der Waals surface area contributed by atoms with E-state index in [9.17, 15) is 4.79 Å². The Balaban J connectivity index is 1.32. The van der Waals surface area contributed by atoms with Crippen molar-refractivity contribution in [3.8, 4) is 5.82 Å². The Hall–Kier alpha value is -3.61. The minimum Gasteiger partial charge on any atom is -0.365 e. The summed E-state index contributed by atoms with van der Waals surface area (Å²) in [5, 5.41) is 5.77. The number of H-pyrrole nitrogens is 1. The van der Waals surface area contributed by atoms with E-state index in [4.69, 9.17) is 5.10 Å². The van der Waals surface area contributed by atoms with Crippen LogP contribution >= 0.6 is 0 Å². The van der Waals surface area contributed by atoms with E-state index in [0.29, 0.717) is 18.8 Å². The van der Waals surface area contributed by atoms with Crippen LogP contribution in [0.5, 0.6) is 0 Å². The molecule has 0 aliphatic carbocycles. The van der Waals surface area contributed by atoms with Gasteiger partial charge in [-0.2, -0.15) is 5.10 Å². The maximum Gasteiger partial charge on any atom is 0.270 e. The Kier molecular flexibility index (Phi) is 4.50. The van der Waals surface area contributed by atoms with Gasteiger partial charge in [0.1, 0.15) is 5.69 Å². The van der Waals surface area contributed by atoms with Crippen LogP contribution in [0.4, 0.5) is 5.69 Å². The molecule has 7 nitrogen and oxygen atoms in total. The molecule has 4 aromatic rings. The number of carbonyl (C=O) groups is 1. The monoisotopic (exact) mass is 400 g/mol. The number of piperazine rings is 1. The van der Waals surface area contributed by atoms with Crippen molar-refractivity contribution in [2.24, 2.45) is 0 Å². The zero-order valence-electron chi connectivity index (χ0n) is 17.2. The highest BCUT2D eigenvalue weighted by molar-refractivity contribution is 5.98. The first-order valence-corrected chi connectivity index (χ1v) is 10.2. The van der Waals surface area contributed by atoms with Gasteiger partial charge in [-0.15, -0.1) is 0 Å². The van der Waals surface area contributed by atoms with Crippen LogP contribution in [0.15, 0.2) is 54.7 Å². The van der Waals surface area contributed by atoms with Crippen molar-refractivity contribution in [2.45, 2.75) is 13.8 Å². The molecule has 7 heteroatoms. The second-order valence-electron chi connectivity index (χ2n) is 7.67. The molecule has 0 spiro atoms. The molecule has 1 amide bonds. The molecule has 1 N–H and O–H groups in total. The van der Waals surface area contributed by atoms with Gasteiger partial charge < -0.3 is 14.8 Å². The van der Waals surface area contributed by atoms with Gasteiger partial charge in [-0.3, -0.25) is 4.79 Å². The Morgan fingerprint density at radius 1 is 1.00 bits per heavy atom. The lowest BCUT2D eigenvalue weighted by molar-refractivity contribution is 0.0742. The van der Waals surface area contributed by atoms with Gasteiger partial charge in [-0.1, -0.05) is 24.3 Å². The van der Waals surface area contributed by atoms with Crippen LogP contribution in [-0.4, -0.2) is 56.7 Å². The van der Waals surface area contributed by atoms with E-state index in [1.54, 1.807) is 6.20 Å². The number of fused-ring (bicyclic) bond motifs is 1. The van der Waals surface area contributed by atoms with Gasteiger partial charge in [0.2, 0.25) is 0 Å². The fraction of sp³-hybridized carbons (Fsp3) is 0.261. The first-order chi connectivity index (χ1) is 14.6. The summed E-state index contributed by atoms with van der Waals surface area (Å²) in [7, 11) is 0. The zero-order valence-corrected chi connectivity index (χ0v) is 17.2. The average Bonchev–Trinajstić information content (AvgIpc) is 3.34. The highest BCUT2D eigenvalue weighted by Gasteiger charge is 2.26. The highest BCUT2D eigenvalue weighted by Crippen LogP contribution is 2.27. The number of nitrogens with zero attached hydrogens (tertiary/aromatic N) is 5. The van der Waals surface area contributed by atoms with E-state index in [1.807, 2.05) is 65.0 Å². The second kappa shape index (κ2) is 7.33. The van der Waals surface area contributed by atoms with E-state index >= 15 is 0 Å². The molecule has 0 atom stereocenters. The average molecular weight is 400 g/mol. The fourth-order valence-corrected chi connectivity index (χ4v) is 4.29.